The minimum absolute atomic E-state index is 0.0142. The molecule has 2 aromatic carbocycles. The average molecular weight is 396 g/mol. The van der Waals surface area contributed by atoms with Gasteiger partial charge in [0.05, 0.1) is 0 Å². The van der Waals surface area contributed by atoms with E-state index in [-0.39, 0.29) is 11.7 Å². The summed E-state index contributed by atoms with van der Waals surface area (Å²) in [5.74, 6) is 0.475. The molecule has 0 saturated carbocycles. The molecule has 2 heterocycles. The third kappa shape index (κ3) is 4.34. The van der Waals surface area contributed by atoms with Gasteiger partial charge in [0.15, 0.2) is 0 Å². The van der Waals surface area contributed by atoms with E-state index in [0.717, 1.165) is 23.7 Å². The maximum absolute atomic E-state index is 13.1. The van der Waals surface area contributed by atoms with Gasteiger partial charge in [0.2, 0.25) is 0 Å². The van der Waals surface area contributed by atoms with Crippen molar-refractivity contribution in [2.45, 2.75) is 6.61 Å². The van der Waals surface area contributed by atoms with E-state index in [1.807, 2.05) is 46.7 Å². The summed E-state index contributed by atoms with van der Waals surface area (Å²) in [5.41, 5.74) is 1.62. The Kier molecular flexibility index (Phi) is 5.58. The topological polar surface area (TPSA) is 32.8 Å². The summed E-state index contributed by atoms with van der Waals surface area (Å²) < 4.78 is 18.9. The second kappa shape index (κ2) is 8.44. The fourth-order valence-corrected chi connectivity index (χ4v) is 3.89. The maximum atomic E-state index is 13.1. The van der Waals surface area contributed by atoms with Crippen LogP contribution in [0.25, 0.3) is 0 Å². The predicted molar refractivity (Wildman–Crippen MR) is 110 cm³/mol. The minimum Gasteiger partial charge on any atom is -0.488 e. The highest BCUT2D eigenvalue weighted by Crippen LogP contribution is 2.20. The molecule has 1 saturated heterocycles. The molecule has 1 aromatic heterocycles. The third-order valence-corrected chi connectivity index (χ3v) is 5.65. The van der Waals surface area contributed by atoms with Gasteiger partial charge in [-0.05, 0) is 53.9 Å². The fraction of sp³-hybridized carbons (Fsp3) is 0.227. The van der Waals surface area contributed by atoms with Gasteiger partial charge in [0.1, 0.15) is 18.2 Å². The molecule has 28 heavy (non-hydrogen) atoms. The van der Waals surface area contributed by atoms with Crippen molar-refractivity contribution in [3.8, 4) is 5.75 Å². The quantitative estimate of drug-likeness (QED) is 0.640. The average Bonchev–Trinajstić information content (AvgIpc) is 3.26. The summed E-state index contributed by atoms with van der Waals surface area (Å²) in [6, 6.07) is 17.9. The van der Waals surface area contributed by atoms with Crippen molar-refractivity contribution in [3.05, 3.63) is 82.3 Å². The van der Waals surface area contributed by atoms with Crippen molar-refractivity contribution < 1.29 is 13.9 Å². The first kappa shape index (κ1) is 18.5. The molecule has 6 heteroatoms. The summed E-state index contributed by atoms with van der Waals surface area (Å²) in [6.45, 7) is 3.23. The van der Waals surface area contributed by atoms with Gasteiger partial charge < -0.3 is 14.5 Å². The molecule has 0 unspecified atom stereocenters. The number of ether oxygens (including phenoxy) is 1. The van der Waals surface area contributed by atoms with E-state index in [1.54, 1.807) is 23.5 Å². The number of carbonyl (C=O) groups excluding carboxylic acids is 1. The van der Waals surface area contributed by atoms with Crippen molar-refractivity contribution in [2.75, 3.05) is 31.1 Å². The first-order valence-electron chi connectivity index (χ1n) is 9.24. The number of rotatable bonds is 5. The summed E-state index contributed by atoms with van der Waals surface area (Å²) in [6.07, 6.45) is 0. The van der Waals surface area contributed by atoms with Crippen LogP contribution in [0, 0.1) is 5.82 Å². The van der Waals surface area contributed by atoms with E-state index in [1.165, 1.54) is 12.1 Å². The van der Waals surface area contributed by atoms with Gasteiger partial charge >= 0.3 is 0 Å². The van der Waals surface area contributed by atoms with E-state index in [2.05, 4.69) is 4.90 Å². The van der Waals surface area contributed by atoms with Gasteiger partial charge in [-0.15, -0.1) is 11.3 Å². The molecule has 4 rings (SSSR count). The molecule has 0 aliphatic carbocycles. The summed E-state index contributed by atoms with van der Waals surface area (Å²) in [4.78, 5) is 18.1. The highest BCUT2D eigenvalue weighted by atomic mass is 32.1. The lowest BCUT2D eigenvalue weighted by Crippen LogP contribution is -2.48. The van der Waals surface area contributed by atoms with Crippen molar-refractivity contribution >= 4 is 22.9 Å². The lowest BCUT2D eigenvalue weighted by atomic mass is 10.1. The highest BCUT2D eigenvalue weighted by molar-refractivity contribution is 7.09. The molecule has 0 spiro atoms. The molecule has 0 atom stereocenters. The molecule has 144 valence electrons. The van der Waals surface area contributed by atoms with Crippen LogP contribution in [0.2, 0.25) is 0 Å². The molecule has 1 fully saturated rings. The van der Waals surface area contributed by atoms with Crippen LogP contribution in [0.3, 0.4) is 0 Å². The van der Waals surface area contributed by atoms with E-state index < -0.39 is 0 Å². The largest absolute Gasteiger partial charge is 0.488 e. The van der Waals surface area contributed by atoms with Crippen LogP contribution in [0.4, 0.5) is 10.1 Å². The van der Waals surface area contributed by atoms with Crippen LogP contribution in [0.1, 0.15) is 15.2 Å². The standard InChI is InChI=1S/C22H21FN2O2S/c23-18-6-8-19(9-7-18)24-10-12-25(13-11-24)22(26)17-3-1-4-20(15-17)27-16-21-5-2-14-28-21/h1-9,14-15H,10-13,16H2. The zero-order valence-corrected chi connectivity index (χ0v) is 16.2. The Morgan fingerprint density at radius 2 is 1.79 bits per heavy atom. The number of anilines is 1. The van der Waals surface area contributed by atoms with E-state index in [4.69, 9.17) is 4.74 Å². The predicted octanol–water partition coefficient (Wildman–Crippen LogP) is 4.43. The van der Waals surface area contributed by atoms with Crippen molar-refractivity contribution in [3.63, 3.8) is 0 Å². The Balaban J connectivity index is 1.35. The first-order chi connectivity index (χ1) is 13.7. The van der Waals surface area contributed by atoms with Gasteiger partial charge in [-0.3, -0.25) is 4.79 Å². The Morgan fingerprint density at radius 1 is 1.00 bits per heavy atom. The SMILES string of the molecule is O=C(c1cccc(OCc2cccs2)c1)N1CCN(c2ccc(F)cc2)CC1. The lowest BCUT2D eigenvalue weighted by Gasteiger charge is -2.36. The fourth-order valence-electron chi connectivity index (χ4n) is 3.27. The number of halogens is 1. The van der Waals surface area contributed by atoms with Crippen LogP contribution in [0.5, 0.6) is 5.75 Å². The molecule has 0 bridgehead atoms. The monoisotopic (exact) mass is 396 g/mol. The number of thiophene rings is 1. The number of amides is 1. The van der Waals surface area contributed by atoms with E-state index in [9.17, 15) is 9.18 Å². The smallest absolute Gasteiger partial charge is 0.254 e. The van der Waals surface area contributed by atoms with Gasteiger partial charge in [-0.2, -0.15) is 0 Å². The van der Waals surface area contributed by atoms with Crippen LogP contribution in [-0.2, 0) is 6.61 Å². The van der Waals surface area contributed by atoms with Crippen molar-refractivity contribution in [2.24, 2.45) is 0 Å². The molecule has 4 nitrogen and oxygen atoms in total. The van der Waals surface area contributed by atoms with Crippen molar-refractivity contribution in [1.82, 2.24) is 4.90 Å². The third-order valence-electron chi connectivity index (χ3n) is 4.80. The Morgan fingerprint density at radius 3 is 2.50 bits per heavy atom. The Bertz CT molecular complexity index is 920. The first-order valence-corrected chi connectivity index (χ1v) is 10.1. The summed E-state index contributed by atoms with van der Waals surface area (Å²) >= 11 is 1.65. The molecule has 1 amide bonds. The Labute approximate surface area is 167 Å². The molecule has 1 aliphatic heterocycles. The number of piperazine rings is 1. The summed E-state index contributed by atoms with van der Waals surface area (Å²) in [7, 11) is 0. The zero-order chi connectivity index (χ0) is 19.3. The second-order valence-electron chi connectivity index (χ2n) is 6.65. The summed E-state index contributed by atoms with van der Waals surface area (Å²) in [5, 5.41) is 2.02. The molecular weight excluding hydrogens is 375 g/mol. The van der Waals surface area contributed by atoms with Crippen LogP contribution < -0.4 is 9.64 Å². The van der Waals surface area contributed by atoms with E-state index >= 15 is 0 Å². The van der Waals surface area contributed by atoms with E-state index in [0.29, 0.717) is 31.0 Å². The Hall–Kier alpha value is -2.86. The van der Waals surface area contributed by atoms with Gasteiger partial charge in [-0.1, -0.05) is 12.1 Å². The zero-order valence-electron chi connectivity index (χ0n) is 15.4. The minimum atomic E-state index is -0.237. The maximum Gasteiger partial charge on any atom is 0.254 e. The number of nitrogens with zero attached hydrogens (tertiary/aromatic N) is 2. The van der Waals surface area contributed by atoms with Gasteiger partial charge in [-0.25, -0.2) is 4.39 Å². The molecule has 0 radical (unpaired) electrons. The number of benzene rings is 2. The van der Waals surface area contributed by atoms with Crippen LogP contribution in [-0.4, -0.2) is 37.0 Å². The molecule has 3 aromatic rings. The number of hydrogen-bond donors (Lipinski definition) is 0. The van der Waals surface area contributed by atoms with Crippen molar-refractivity contribution in [1.29, 1.82) is 0 Å². The van der Waals surface area contributed by atoms with Crippen LogP contribution in [0.15, 0.2) is 66.0 Å². The highest BCUT2D eigenvalue weighted by Gasteiger charge is 2.22. The molecular formula is C22H21FN2O2S. The van der Waals surface area contributed by atoms with Crippen LogP contribution >= 0.6 is 11.3 Å². The second-order valence-corrected chi connectivity index (χ2v) is 7.68. The lowest BCUT2D eigenvalue weighted by molar-refractivity contribution is 0.0746. The van der Waals surface area contributed by atoms with Gasteiger partial charge in [0.25, 0.3) is 5.91 Å². The molecule has 0 N–H and O–H groups in total. The number of carbonyl (C=O) groups is 1. The van der Waals surface area contributed by atoms with Gasteiger partial charge in [0, 0.05) is 42.3 Å². The normalized spacial score (nSPS) is 14.2. The molecule has 1 aliphatic rings. The number of hydrogen-bond acceptors (Lipinski definition) is 4.